The number of hydrogen-bond donors (Lipinski definition) is 3. The summed E-state index contributed by atoms with van der Waals surface area (Å²) < 4.78 is 0. The predicted molar refractivity (Wildman–Crippen MR) is 81.5 cm³/mol. The van der Waals surface area contributed by atoms with Crippen LogP contribution in [0.25, 0.3) is 0 Å². The van der Waals surface area contributed by atoms with Crippen molar-refractivity contribution in [3.05, 3.63) is 49.1 Å². The fraction of sp³-hybridized carbons (Fsp3) is 0.333. The van der Waals surface area contributed by atoms with Crippen molar-refractivity contribution in [2.24, 2.45) is 0 Å². The highest BCUT2D eigenvalue weighted by molar-refractivity contribution is 6.19. The summed E-state index contributed by atoms with van der Waals surface area (Å²) in [4.78, 5) is 17.9. The van der Waals surface area contributed by atoms with Gasteiger partial charge in [-0.1, -0.05) is 44.2 Å². The lowest BCUT2D eigenvalue weighted by atomic mass is 10.2. The van der Waals surface area contributed by atoms with Crippen molar-refractivity contribution >= 4 is 12.3 Å². The number of carbonyl (C=O) groups excluding carboxylic acids is 1. The van der Waals surface area contributed by atoms with Crippen molar-refractivity contribution in [3.8, 4) is 0 Å². The Morgan fingerprint density at radius 1 is 1.25 bits per heavy atom. The first-order valence-corrected chi connectivity index (χ1v) is 6.24. The van der Waals surface area contributed by atoms with Gasteiger partial charge >= 0.3 is 5.97 Å². The zero-order valence-corrected chi connectivity index (χ0v) is 12.2. The van der Waals surface area contributed by atoms with E-state index in [0.717, 1.165) is 6.54 Å². The first-order valence-electron chi connectivity index (χ1n) is 6.24. The molecule has 0 radical (unpaired) electrons. The molecule has 3 N–H and O–H groups in total. The number of aliphatic carboxylic acids is 1. The lowest BCUT2D eigenvalue weighted by molar-refractivity contribution is -0.143. The summed E-state index contributed by atoms with van der Waals surface area (Å²) in [6.45, 7) is 11.7. The Labute approximate surface area is 121 Å². The minimum absolute atomic E-state index is 0.167. The quantitative estimate of drug-likeness (QED) is 0.332. The van der Waals surface area contributed by atoms with Crippen molar-refractivity contribution in [1.29, 1.82) is 0 Å². The van der Waals surface area contributed by atoms with Crippen molar-refractivity contribution < 1.29 is 19.8 Å². The van der Waals surface area contributed by atoms with Gasteiger partial charge in [-0.2, -0.15) is 0 Å². The maximum absolute atomic E-state index is 9.00. The fourth-order valence-corrected chi connectivity index (χ4v) is 0.908. The minimum Gasteiger partial charge on any atom is -0.476 e. The van der Waals surface area contributed by atoms with E-state index in [1.54, 1.807) is 0 Å². The number of carboxylic acids is 1. The van der Waals surface area contributed by atoms with Crippen LogP contribution in [0.5, 0.6) is 0 Å². The highest BCUT2D eigenvalue weighted by atomic mass is 16.4. The first kappa shape index (κ1) is 23.1. The van der Waals surface area contributed by atoms with Gasteiger partial charge in [-0.05, 0) is 5.56 Å². The van der Waals surface area contributed by atoms with Gasteiger partial charge in [-0.25, -0.2) is 4.79 Å². The number of hydrogen-bond acceptors (Lipinski definition) is 4. The molecule has 0 aromatic heterocycles. The fourth-order valence-electron chi connectivity index (χ4n) is 0.908. The van der Waals surface area contributed by atoms with Gasteiger partial charge < -0.3 is 15.5 Å². The minimum atomic E-state index is -1.43. The molecule has 0 bridgehead atoms. The van der Waals surface area contributed by atoms with Crippen molar-refractivity contribution in [1.82, 2.24) is 5.32 Å². The number of benzene rings is 1. The topological polar surface area (TPSA) is 86.6 Å². The molecule has 0 spiro atoms. The predicted octanol–water partition coefficient (Wildman–Crippen LogP) is 1.87. The van der Waals surface area contributed by atoms with Gasteiger partial charge in [0.1, 0.15) is 0 Å². The molecule has 0 aliphatic heterocycles. The Morgan fingerprint density at radius 3 is 2.05 bits per heavy atom. The van der Waals surface area contributed by atoms with E-state index in [2.05, 4.69) is 30.6 Å². The van der Waals surface area contributed by atoms with E-state index in [4.69, 9.17) is 19.8 Å². The molecule has 0 aliphatic carbocycles. The molecule has 0 saturated carbocycles. The number of aliphatic hydroxyl groups is 1. The van der Waals surface area contributed by atoms with Gasteiger partial charge in [0.25, 0.3) is 0 Å². The summed E-state index contributed by atoms with van der Waals surface area (Å²) in [5.74, 6) is -1.43. The largest absolute Gasteiger partial charge is 0.476 e. The lowest BCUT2D eigenvalue weighted by Crippen LogP contribution is -2.17. The lowest BCUT2D eigenvalue weighted by Gasteiger charge is -2.01. The molecule has 114 valence electrons. The Balaban J connectivity index is -0.000000272. The molecule has 5 heteroatoms. The average molecular weight is 283 g/mol. The third-order valence-corrected chi connectivity index (χ3v) is 1.56. The molecule has 0 unspecified atom stereocenters. The highest BCUT2D eigenvalue weighted by Crippen LogP contribution is 1.96. The molecule has 0 fully saturated rings. The van der Waals surface area contributed by atoms with Crippen LogP contribution in [-0.2, 0) is 16.1 Å². The van der Waals surface area contributed by atoms with E-state index in [9.17, 15) is 0 Å². The molecule has 0 atom stereocenters. The molecular weight excluding hydrogens is 258 g/mol. The molecule has 0 amide bonds. The van der Waals surface area contributed by atoms with Crippen LogP contribution in [0.2, 0.25) is 0 Å². The van der Waals surface area contributed by atoms with Crippen LogP contribution in [-0.4, -0.2) is 35.6 Å². The van der Waals surface area contributed by atoms with Crippen molar-refractivity contribution in [2.75, 3.05) is 13.2 Å². The van der Waals surface area contributed by atoms with Gasteiger partial charge in [0.2, 0.25) is 6.29 Å². The summed E-state index contributed by atoms with van der Waals surface area (Å²) in [6, 6.07) is 10.1. The van der Waals surface area contributed by atoms with Crippen LogP contribution in [0, 0.1) is 0 Å². The van der Waals surface area contributed by atoms with Crippen LogP contribution >= 0.6 is 0 Å². The van der Waals surface area contributed by atoms with Crippen LogP contribution in [0.3, 0.4) is 0 Å². The van der Waals surface area contributed by atoms with Crippen molar-refractivity contribution in [2.45, 2.75) is 20.4 Å². The molecule has 0 aliphatic rings. The monoisotopic (exact) mass is 283 g/mol. The zero-order chi connectivity index (χ0) is 16.2. The van der Waals surface area contributed by atoms with E-state index in [0.29, 0.717) is 6.54 Å². The third kappa shape index (κ3) is 21.3. The molecular formula is C15H25NO4. The number of carbonyl (C=O) groups is 2. The number of aldehydes is 1. The van der Waals surface area contributed by atoms with Crippen molar-refractivity contribution in [3.63, 3.8) is 0 Å². The van der Waals surface area contributed by atoms with Crippen LogP contribution in [0.1, 0.15) is 19.4 Å². The van der Waals surface area contributed by atoms with E-state index in [1.165, 1.54) is 5.56 Å². The Bertz CT molecular complexity index is 315. The van der Waals surface area contributed by atoms with Gasteiger partial charge in [0.05, 0.1) is 6.61 Å². The standard InChI is InChI=1S/C9H13NO.C2H2O3.C2H6.C2H4/c11-7-6-10-8-9-4-2-1-3-5-9;3-1-2(4)5;2*1-2/h1-5,10-11H,6-8H2;1H,(H,4,5);1-2H3;1-2H2. The zero-order valence-electron chi connectivity index (χ0n) is 12.2. The molecule has 5 nitrogen and oxygen atoms in total. The maximum Gasteiger partial charge on any atom is 0.368 e. The van der Waals surface area contributed by atoms with Gasteiger partial charge in [0, 0.05) is 13.1 Å². The normalized spacial score (nSPS) is 7.55. The van der Waals surface area contributed by atoms with Crippen LogP contribution in [0.15, 0.2) is 43.5 Å². The summed E-state index contributed by atoms with van der Waals surface area (Å²) in [6.07, 6.45) is -0.167. The first-order chi connectivity index (χ1) is 9.70. The third-order valence-electron chi connectivity index (χ3n) is 1.56. The Hall–Kier alpha value is -1.98. The smallest absolute Gasteiger partial charge is 0.368 e. The van der Waals surface area contributed by atoms with Gasteiger partial charge in [-0.3, -0.25) is 4.79 Å². The van der Waals surface area contributed by atoms with Crippen LogP contribution < -0.4 is 5.32 Å². The van der Waals surface area contributed by atoms with Gasteiger partial charge in [0.15, 0.2) is 0 Å². The molecule has 20 heavy (non-hydrogen) atoms. The van der Waals surface area contributed by atoms with E-state index < -0.39 is 5.97 Å². The van der Waals surface area contributed by atoms with E-state index >= 15 is 0 Å². The molecule has 0 saturated heterocycles. The number of nitrogens with one attached hydrogen (secondary N) is 1. The highest BCUT2D eigenvalue weighted by Gasteiger charge is 1.87. The molecule has 1 rings (SSSR count). The van der Waals surface area contributed by atoms with Gasteiger partial charge in [-0.15, -0.1) is 13.2 Å². The molecule has 0 heterocycles. The van der Waals surface area contributed by atoms with E-state index in [1.807, 2.05) is 32.0 Å². The number of carboxylic acid groups (broad SMARTS) is 1. The Morgan fingerprint density at radius 2 is 1.70 bits per heavy atom. The molecule has 1 aromatic rings. The summed E-state index contributed by atoms with van der Waals surface area (Å²) in [5, 5.41) is 18.9. The second-order valence-corrected chi connectivity index (χ2v) is 2.84. The average Bonchev–Trinajstić information content (AvgIpc) is 2.53. The summed E-state index contributed by atoms with van der Waals surface area (Å²) in [7, 11) is 0. The van der Waals surface area contributed by atoms with E-state index in [-0.39, 0.29) is 12.9 Å². The summed E-state index contributed by atoms with van der Waals surface area (Å²) >= 11 is 0. The van der Waals surface area contributed by atoms with Crippen LogP contribution in [0.4, 0.5) is 0 Å². The second-order valence-electron chi connectivity index (χ2n) is 2.84. The summed E-state index contributed by atoms with van der Waals surface area (Å²) in [5.41, 5.74) is 1.25. The number of aliphatic hydroxyl groups excluding tert-OH is 1. The maximum atomic E-state index is 9.00. The Kier molecular flexibility index (Phi) is 25.7. The SMILES string of the molecule is C=C.CC.O=CC(=O)O.OCCNCc1ccccc1. The second kappa shape index (κ2) is 22.2. The molecule has 1 aromatic carbocycles. The number of rotatable bonds is 5.